The van der Waals surface area contributed by atoms with Gasteiger partial charge in [-0.3, -0.25) is 0 Å². The number of imidazole rings is 1. The fraction of sp³-hybridized carbons (Fsp3) is 0.188. The highest BCUT2D eigenvalue weighted by molar-refractivity contribution is 5.83. The van der Waals surface area contributed by atoms with Crippen molar-refractivity contribution >= 4 is 11.0 Å². The van der Waals surface area contributed by atoms with Crippen molar-refractivity contribution in [2.75, 3.05) is 0 Å². The van der Waals surface area contributed by atoms with E-state index in [0.717, 1.165) is 22.2 Å². The summed E-state index contributed by atoms with van der Waals surface area (Å²) in [5.74, 6) is 0.453. The van der Waals surface area contributed by atoms with Crippen molar-refractivity contribution in [3.8, 4) is 17.1 Å². The van der Waals surface area contributed by atoms with Crippen LogP contribution in [0.4, 0.5) is 13.2 Å². The Morgan fingerprint density at radius 2 is 1.73 bits per heavy atom. The van der Waals surface area contributed by atoms with Gasteiger partial charge in [0.2, 0.25) is 0 Å². The SMILES string of the molecule is Cc1cccc2c1nc(-c1ccc(OC(F)(F)F)cc1)n2C. The molecule has 6 heteroatoms. The predicted octanol–water partition coefficient (Wildman–Crippen LogP) is 4.45. The van der Waals surface area contributed by atoms with Gasteiger partial charge >= 0.3 is 6.36 Å². The number of benzene rings is 2. The van der Waals surface area contributed by atoms with Crippen molar-refractivity contribution in [2.24, 2.45) is 7.05 Å². The molecule has 0 aliphatic rings. The first-order chi connectivity index (χ1) is 10.3. The molecule has 3 rings (SSSR count). The monoisotopic (exact) mass is 306 g/mol. The van der Waals surface area contributed by atoms with Gasteiger partial charge < -0.3 is 9.30 Å². The summed E-state index contributed by atoms with van der Waals surface area (Å²) in [7, 11) is 1.88. The Kier molecular flexibility index (Phi) is 3.31. The summed E-state index contributed by atoms with van der Waals surface area (Å²) in [6, 6.07) is 11.6. The van der Waals surface area contributed by atoms with E-state index in [4.69, 9.17) is 0 Å². The molecule has 1 aromatic heterocycles. The van der Waals surface area contributed by atoms with Gasteiger partial charge in [-0.1, -0.05) is 12.1 Å². The van der Waals surface area contributed by atoms with Gasteiger partial charge in [0.25, 0.3) is 0 Å². The first kappa shape index (κ1) is 14.4. The number of hydrogen-bond donors (Lipinski definition) is 0. The zero-order chi connectivity index (χ0) is 15.9. The van der Waals surface area contributed by atoms with Crippen molar-refractivity contribution in [3.05, 3.63) is 48.0 Å². The van der Waals surface area contributed by atoms with Crippen LogP contribution in [0.15, 0.2) is 42.5 Å². The van der Waals surface area contributed by atoms with Crippen molar-refractivity contribution in [1.29, 1.82) is 0 Å². The Hall–Kier alpha value is -2.50. The fourth-order valence-corrected chi connectivity index (χ4v) is 2.42. The lowest BCUT2D eigenvalue weighted by Crippen LogP contribution is -2.16. The van der Waals surface area contributed by atoms with Crippen LogP contribution in [0.1, 0.15) is 5.56 Å². The fourth-order valence-electron chi connectivity index (χ4n) is 2.42. The van der Waals surface area contributed by atoms with Gasteiger partial charge in [-0.05, 0) is 42.8 Å². The summed E-state index contributed by atoms with van der Waals surface area (Å²) >= 11 is 0. The van der Waals surface area contributed by atoms with E-state index in [0.29, 0.717) is 5.82 Å². The molecule has 0 atom stereocenters. The van der Waals surface area contributed by atoms with Crippen LogP contribution in [-0.2, 0) is 7.05 Å². The third-order valence-corrected chi connectivity index (χ3v) is 3.46. The summed E-state index contributed by atoms with van der Waals surface area (Å²) in [4.78, 5) is 4.59. The maximum Gasteiger partial charge on any atom is 0.573 e. The Bertz CT molecular complexity index is 820. The zero-order valence-electron chi connectivity index (χ0n) is 12.0. The molecule has 0 spiro atoms. The maximum absolute atomic E-state index is 12.2. The van der Waals surface area contributed by atoms with Crippen LogP contribution in [0.3, 0.4) is 0 Å². The van der Waals surface area contributed by atoms with Crippen molar-refractivity contribution in [2.45, 2.75) is 13.3 Å². The van der Waals surface area contributed by atoms with Crippen LogP contribution in [0, 0.1) is 6.92 Å². The Balaban J connectivity index is 2.01. The smallest absolute Gasteiger partial charge is 0.406 e. The molecule has 0 aliphatic heterocycles. The first-order valence-electron chi connectivity index (χ1n) is 6.63. The first-order valence-corrected chi connectivity index (χ1v) is 6.63. The second-order valence-electron chi connectivity index (χ2n) is 5.01. The minimum absolute atomic E-state index is 0.244. The van der Waals surface area contributed by atoms with E-state index in [2.05, 4.69) is 9.72 Å². The minimum atomic E-state index is -4.68. The van der Waals surface area contributed by atoms with Gasteiger partial charge in [0.05, 0.1) is 11.0 Å². The largest absolute Gasteiger partial charge is 0.573 e. The molecule has 0 N–H and O–H groups in total. The van der Waals surface area contributed by atoms with E-state index in [1.54, 1.807) is 12.1 Å². The van der Waals surface area contributed by atoms with E-state index in [9.17, 15) is 13.2 Å². The molecular weight excluding hydrogens is 293 g/mol. The van der Waals surface area contributed by atoms with Gasteiger partial charge in [-0.15, -0.1) is 13.2 Å². The molecule has 0 bridgehead atoms. The Morgan fingerprint density at radius 1 is 1.05 bits per heavy atom. The number of nitrogens with zero attached hydrogens (tertiary/aromatic N) is 2. The zero-order valence-corrected chi connectivity index (χ0v) is 12.0. The van der Waals surface area contributed by atoms with Gasteiger partial charge in [0, 0.05) is 12.6 Å². The number of rotatable bonds is 2. The van der Waals surface area contributed by atoms with Crippen molar-refractivity contribution < 1.29 is 17.9 Å². The molecular formula is C16H13F3N2O. The van der Waals surface area contributed by atoms with Gasteiger partial charge in [0.15, 0.2) is 0 Å². The second kappa shape index (κ2) is 5.05. The molecule has 0 saturated heterocycles. The highest BCUT2D eigenvalue weighted by Gasteiger charge is 2.31. The van der Waals surface area contributed by atoms with Gasteiger partial charge in [0.1, 0.15) is 11.6 Å². The quantitative estimate of drug-likeness (QED) is 0.699. The van der Waals surface area contributed by atoms with Crippen molar-refractivity contribution in [3.63, 3.8) is 0 Å². The third-order valence-electron chi connectivity index (χ3n) is 3.46. The number of aromatic nitrogens is 2. The Labute approximate surface area is 125 Å². The lowest BCUT2D eigenvalue weighted by Gasteiger charge is -2.09. The Morgan fingerprint density at radius 3 is 2.32 bits per heavy atom. The highest BCUT2D eigenvalue weighted by atomic mass is 19.4. The summed E-state index contributed by atoms with van der Waals surface area (Å²) in [6.45, 7) is 1.97. The van der Waals surface area contributed by atoms with Crippen molar-refractivity contribution in [1.82, 2.24) is 9.55 Å². The van der Waals surface area contributed by atoms with Gasteiger partial charge in [-0.25, -0.2) is 4.98 Å². The molecule has 0 fully saturated rings. The average Bonchev–Trinajstić information content (AvgIpc) is 2.77. The molecule has 3 aromatic rings. The average molecular weight is 306 g/mol. The van der Waals surface area contributed by atoms with Gasteiger partial charge in [-0.2, -0.15) is 0 Å². The number of aryl methyl sites for hydroxylation is 2. The number of hydrogen-bond acceptors (Lipinski definition) is 2. The summed E-state index contributed by atoms with van der Waals surface area (Å²) in [6.07, 6.45) is -4.68. The summed E-state index contributed by atoms with van der Waals surface area (Å²) in [5, 5.41) is 0. The number of fused-ring (bicyclic) bond motifs is 1. The van der Waals surface area contributed by atoms with Crippen LogP contribution >= 0.6 is 0 Å². The second-order valence-corrected chi connectivity index (χ2v) is 5.01. The highest BCUT2D eigenvalue weighted by Crippen LogP contribution is 2.28. The normalized spacial score (nSPS) is 11.9. The molecule has 114 valence electrons. The molecule has 22 heavy (non-hydrogen) atoms. The standard InChI is InChI=1S/C16H13F3N2O/c1-10-4-3-5-13-14(10)20-15(21(13)2)11-6-8-12(9-7-11)22-16(17,18)19/h3-9H,1-2H3. The molecule has 2 aromatic carbocycles. The molecule has 0 saturated carbocycles. The van der Waals surface area contributed by atoms with Crippen LogP contribution < -0.4 is 4.74 Å². The third kappa shape index (κ3) is 2.64. The maximum atomic E-state index is 12.2. The lowest BCUT2D eigenvalue weighted by molar-refractivity contribution is -0.274. The topological polar surface area (TPSA) is 27.1 Å². The number of para-hydroxylation sites is 1. The molecule has 3 nitrogen and oxygen atoms in total. The summed E-state index contributed by atoms with van der Waals surface area (Å²) < 4.78 is 42.3. The van der Waals surface area contributed by atoms with Crippen LogP contribution in [0.2, 0.25) is 0 Å². The molecule has 0 radical (unpaired) electrons. The van der Waals surface area contributed by atoms with E-state index in [1.807, 2.05) is 36.7 Å². The van der Waals surface area contributed by atoms with Crippen LogP contribution in [0.5, 0.6) is 5.75 Å². The summed E-state index contributed by atoms with van der Waals surface area (Å²) in [5.41, 5.74) is 3.64. The van der Waals surface area contributed by atoms with E-state index >= 15 is 0 Å². The van der Waals surface area contributed by atoms with Crippen LogP contribution in [-0.4, -0.2) is 15.9 Å². The van der Waals surface area contributed by atoms with E-state index < -0.39 is 6.36 Å². The number of ether oxygens (including phenoxy) is 1. The molecule has 1 heterocycles. The number of halogens is 3. The molecule has 0 amide bonds. The predicted molar refractivity (Wildman–Crippen MR) is 77.6 cm³/mol. The van der Waals surface area contributed by atoms with E-state index in [-0.39, 0.29) is 5.75 Å². The lowest BCUT2D eigenvalue weighted by atomic mass is 10.2. The minimum Gasteiger partial charge on any atom is -0.406 e. The molecule has 0 unspecified atom stereocenters. The van der Waals surface area contributed by atoms with Crippen LogP contribution in [0.25, 0.3) is 22.4 Å². The number of alkyl halides is 3. The molecule has 0 aliphatic carbocycles. The van der Waals surface area contributed by atoms with E-state index in [1.165, 1.54) is 12.1 Å².